The highest BCUT2D eigenvalue weighted by atomic mass is 32.1. The Morgan fingerprint density at radius 3 is 2.50 bits per heavy atom. The van der Waals surface area contributed by atoms with Gasteiger partial charge < -0.3 is 16.0 Å². The number of nitriles is 1. The third-order valence-electron chi connectivity index (χ3n) is 5.23. The Morgan fingerprint density at radius 1 is 1.03 bits per heavy atom. The maximum atomic E-state index is 13.1. The molecule has 0 saturated heterocycles. The normalized spacial score (nSPS) is 11.3. The lowest BCUT2D eigenvalue weighted by Gasteiger charge is -2.18. The van der Waals surface area contributed by atoms with Gasteiger partial charge in [0.15, 0.2) is 5.11 Å². The number of rotatable bonds is 5. The molecule has 8 heteroatoms. The first-order valence-corrected chi connectivity index (χ1v) is 10.9. The SMILES string of the molecule is CC(NC(=S)Nc1ccc(NC(=O)c2cc3ccccc3cn2)c(C#N)c1)c1ccc(F)cc1. The van der Waals surface area contributed by atoms with Gasteiger partial charge in [0.1, 0.15) is 17.6 Å². The molecular weight excluding hydrogens is 449 g/mol. The summed E-state index contributed by atoms with van der Waals surface area (Å²) in [5.41, 5.74) is 2.36. The van der Waals surface area contributed by atoms with Crippen LogP contribution in [0, 0.1) is 17.1 Å². The molecule has 1 aromatic heterocycles. The lowest BCUT2D eigenvalue weighted by Crippen LogP contribution is -2.30. The van der Waals surface area contributed by atoms with Crippen LogP contribution in [0.2, 0.25) is 0 Å². The van der Waals surface area contributed by atoms with Crippen molar-refractivity contribution in [2.75, 3.05) is 10.6 Å². The quantitative estimate of drug-likeness (QED) is 0.332. The van der Waals surface area contributed by atoms with Crippen molar-refractivity contribution in [2.24, 2.45) is 0 Å². The molecule has 0 fully saturated rings. The Hall–Kier alpha value is -4.35. The number of halogens is 1. The minimum atomic E-state index is -0.409. The number of nitrogens with one attached hydrogen (secondary N) is 3. The van der Waals surface area contributed by atoms with E-state index >= 15 is 0 Å². The van der Waals surface area contributed by atoms with Gasteiger partial charge in [-0.15, -0.1) is 0 Å². The van der Waals surface area contributed by atoms with Gasteiger partial charge in [-0.25, -0.2) is 4.39 Å². The zero-order valence-electron chi connectivity index (χ0n) is 18.2. The summed E-state index contributed by atoms with van der Waals surface area (Å²) in [5, 5.41) is 20.7. The number of aromatic nitrogens is 1. The van der Waals surface area contributed by atoms with Crippen molar-refractivity contribution in [1.29, 1.82) is 5.26 Å². The van der Waals surface area contributed by atoms with Gasteiger partial charge in [0.05, 0.1) is 17.3 Å². The number of carbonyl (C=O) groups is 1. The lowest BCUT2D eigenvalue weighted by molar-refractivity contribution is 0.102. The number of hydrogen-bond donors (Lipinski definition) is 3. The topological polar surface area (TPSA) is 89.8 Å². The second kappa shape index (κ2) is 10.1. The van der Waals surface area contributed by atoms with E-state index in [1.807, 2.05) is 31.2 Å². The van der Waals surface area contributed by atoms with Crippen LogP contribution in [0.25, 0.3) is 10.8 Å². The number of pyridine rings is 1. The van der Waals surface area contributed by atoms with Crippen LogP contribution in [-0.4, -0.2) is 16.0 Å². The lowest BCUT2D eigenvalue weighted by atomic mass is 10.1. The van der Waals surface area contributed by atoms with Crippen molar-refractivity contribution in [2.45, 2.75) is 13.0 Å². The third-order valence-corrected chi connectivity index (χ3v) is 5.45. The van der Waals surface area contributed by atoms with Crippen molar-refractivity contribution in [1.82, 2.24) is 10.3 Å². The summed E-state index contributed by atoms with van der Waals surface area (Å²) in [5.74, 6) is -0.711. The van der Waals surface area contributed by atoms with Gasteiger partial charge in [0, 0.05) is 17.3 Å². The Labute approximate surface area is 201 Å². The monoisotopic (exact) mass is 469 g/mol. The van der Waals surface area contributed by atoms with Gasteiger partial charge in [-0.05, 0) is 66.5 Å². The molecule has 34 heavy (non-hydrogen) atoms. The summed E-state index contributed by atoms with van der Waals surface area (Å²) >= 11 is 5.37. The molecule has 4 aromatic rings. The molecule has 3 N–H and O–H groups in total. The van der Waals surface area contributed by atoms with Crippen LogP contribution in [0.4, 0.5) is 15.8 Å². The number of amides is 1. The van der Waals surface area contributed by atoms with Crippen LogP contribution in [-0.2, 0) is 0 Å². The zero-order valence-corrected chi connectivity index (χ0v) is 19.0. The minimum absolute atomic E-state index is 0.149. The van der Waals surface area contributed by atoms with Crippen molar-refractivity contribution < 1.29 is 9.18 Å². The fraction of sp³-hybridized carbons (Fsp3) is 0.0769. The van der Waals surface area contributed by atoms with Gasteiger partial charge in [0.25, 0.3) is 5.91 Å². The van der Waals surface area contributed by atoms with Gasteiger partial charge >= 0.3 is 0 Å². The molecule has 4 rings (SSSR count). The van der Waals surface area contributed by atoms with Crippen molar-refractivity contribution in [3.05, 3.63) is 102 Å². The summed E-state index contributed by atoms with van der Waals surface area (Å²) < 4.78 is 13.1. The van der Waals surface area contributed by atoms with Crippen molar-refractivity contribution in [3.8, 4) is 6.07 Å². The van der Waals surface area contributed by atoms with E-state index in [2.05, 4.69) is 27.0 Å². The maximum Gasteiger partial charge on any atom is 0.274 e. The van der Waals surface area contributed by atoms with E-state index in [-0.39, 0.29) is 23.1 Å². The smallest absolute Gasteiger partial charge is 0.274 e. The fourth-order valence-corrected chi connectivity index (χ4v) is 3.71. The van der Waals surface area contributed by atoms with Crippen LogP contribution in [0.3, 0.4) is 0 Å². The standard InChI is InChI=1S/C26H20FN5OS/c1-16(17-6-8-21(27)9-7-17)30-26(34)31-22-10-11-23(20(12-22)14-28)32-25(33)24-13-18-4-2-3-5-19(18)15-29-24/h2-13,15-16H,1H3,(H,32,33)(H2,30,31,34). The largest absolute Gasteiger partial charge is 0.356 e. The van der Waals surface area contributed by atoms with E-state index in [1.165, 1.54) is 12.1 Å². The highest BCUT2D eigenvalue weighted by molar-refractivity contribution is 7.80. The zero-order chi connectivity index (χ0) is 24.1. The summed E-state index contributed by atoms with van der Waals surface area (Å²) in [6.07, 6.45) is 1.64. The van der Waals surface area contributed by atoms with Crippen LogP contribution in [0.15, 0.2) is 79.0 Å². The predicted octanol–water partition coefficient (Wildman–Crippen LogP) is 5.55. The summed E-state index contributed by atoms with van der Waals surface area (Å²) in [6, 6.07) is 22.4. The molecule has 168 valence electrons. The second-order valence-electron chi connectivity index (χ2n) is 7.61. The molecule has 0 saturated carbocycles. The van der Waals surface area contributed by atoms with Crippen molar-refractivity contribution >= 4 is 45.4 Å². The Bertz CT molecular complexity index is 1420. The molecule has 0 radical (unpaired) electrons. The van der Waals surface area contributed by atoms with Gasteiger partial charge in [-0.1, -0.05) is 36.4 Å². The molecule has 1 atom stereocenters. The van der Waals surface area contributed by atoms with Crippen LogP contribution in [0.5, 0.6) is 0 Å². The van der Waals surface area contributed by atoms with E-state index in [9.17, 15) is 14.4 Å². The van der Waals surface area contributed by atoms with Crippen LogP contribution < -0.4 is 16.0 Å². The number of fused-ring (bicyclic) bond motifs is 1. The highest BCUT2D eigenvalue weighted by Crippen LogP contribution is 2.22. The molecule has 0 aliphatic heterocycles. The first kappa shape index (κ1) is 22.8. The average Bonchev–Trinajstić information content (AvgIpc) is 2.84. The van der Waals surface area contributed by atoms with Crippen molar-refractivity contribution in [3.63, 3.8) is 0 Å². The molecule has 0 aliphatic carbocycles. The minimum Gasteiger partial charge on any atom is -0.356 e. The molecule has 0 spiro atoms. The van der Waals surface area contributed by atoms with E-state index in [0.29, 0.717) is 16.5 Å². The Kier molecular flexibility index (Phi) is 6.76. The highest BCUT2D eigenvalue weighted by Gasteiger charge is 2.13. The number of benzene rings is 3. The number of nitrogens with zero attached hydrogens (tertiary/aromatic N) is 2. The summed E-state index contributed by atoms with van der Waals surface area (Å²) in [7, 11) is 0. The Morgan fingerprint density at radius 2 is 1.76 bits per heavy atom. The van der Waals surface area contributed by atoms with Crippen LogP contribution in [0.1, 0.15) is 34.6 Å². The Balaban J connectivity index is 1.43. The molecule has 3 aromatic carbocycles. The second-order valence-corrected chi connectivity index (χ2v) is 8.02. The molecule has 0 aliphatic rings. The molecule has 6 nitrogen and oxygen atoms in total. The number of anilines is 2. The predicted molar refractivity (Wildman–Crippen MR) is 135 cm³/mol. The molecule has 0 bridgehead atoms. The first-order chi connectivity index (χ1) is 16.4. The van der Waals surface area contributed by atoms with Gasteiger partial charge in [-0.2, -0.15) is 5.26 Å². The van der Waals surface area contributed by atoms with Crippen LogP contribution >= 0.6 is 12.2 Å². The molecular formula is C26H20FN5OS. The summed E-state index contributed by atoms with van der Waals surface area (Å²) in [6.45, 7) is 1.90. The van der Waals surface area contributed by atoms with E-state index in [4.69, 9.17) is 12.2 Å². The van der Waals surface area contributed by atoms with E-state index < -0.39 is 5.91 Å². The van der Waals surface area contributed by atoms with E-state index in [0.717, 1.165) is 16.3 Å². The average molecular weight is 470 g/mol. The van der Waals surface area contributed by atoms with E-state index in [1.54, 1.807) is 42.6 Å². The number of thiocarbonyl (C=S) groups is 1. The number of carbonyl (C=O) groups excluding carboxylic acids is 1. The summed E-state index contributed by atoms with van der Waals surface area (Å²) in [4.78, 5) is 16.9. The molecule has 1 heterocycles. The fourth-order valence-electron chi connectivity index (χ4n) is 3.42. The molecule has 1 amide bonds. The maximum absolute atomic E-state index is 13.1. The third kappa shape index (κ3) is 5.34. The van der Waals surface area contributed by atoms with Gasteiger partial charge in [-0.3, -0.25) is 9.78 Å². The number of hydrogen-bond acceptors (Lipinski definition) is 4. The molecule has 1 unspecified atom stereocenters. The first-order valence-electron chi connectivity index (χ1n) is 10.5. The van der Waals surface area contributed by atoms with Gasteiger partial charge in [0.2, 0.25) is 0 Å².